The molecule has 108 valence electrons. The second-order valence-corrected chi connectivity index (χ2v) is 7.20. The van der Waals surface area contributed by atoms with Gasteiger partial charge in [0, 0.05) is 29.6 Å². The third-order valence-electron chi connectivity index (χ3n) is 3.92. The first kappa shape index (κ1) is 15.2. The predicted molar refractivity (Wildman–Crippen MR) is 83.7 cm³/mol. The first-order valence-corrected chi connectivity index (χ1v) is 8.25. The highest BCUT2D eigenvalue weighted by atomic mass is 32.1. The summed E-state index contributed by atoms with van der Waals surface area (Å²) in [5.41, 5.74) is 1.35. The highest BCUT2D eigenvalue weighted by molar-refractivity contribution is 7.73. The van der Waals surface area contributed by atoms with Crippen molar-refractivity contribution in [3.05, 3.63) is 14.5 Å². The zero-order chi connectivity index (χ0) is 13.8. The fraction of sp³-hybridized carbons (Fsp3) is 0.786. The fourth-order valence-electron chi connectivity index (χ4n) is 2.54. The van der Waals surface area contributed by atoms with E-state index >= 15 is 0 Å². The molecule has 0 radical (unpaired) electrons. The number of nitrogens with zero attached hydrogens (tertiary/aromatic N) is 2. The van der Waals surface area contributed by atoms with Gasteiger partial charge in [-0.3, -0.25) is 0 Å². The average molecular weight is 300 g/mol. The van der Waals surface area contributed by atoms with Crippen LogP contribution in [0.3, 0.4) is 0 Å². The van der Waals surface area contributed by atoms with Gasteiger partial charge in [0.25, 0.3) is 0 Å². The summed E-state index contributed by atoms with van der Waals surface area (Å²) >= 11 is 7.23. The van der Waals surface area contributed by atoms with Gasteiger partial charge in [-0.1, -0.05) is 6.42 Å². The van der Waals surface area contributed by atoms with Crippen molar-refractivity contribution in [3.63, 3.8) is 0 Å². The maximum atomic E-state index is 5.86. The summed E-state index contributed by atoms with van der Waals surface area (Å²) in [6.07, 6.45) is 4.64. The lowest BCUT2D eigenvalue weighted by molar-refractivity contribution is 0.0763. The lowest BCUT2D eigenvalue weighted by atomic mass is 10.1. The number of ether oxygens (including phenoxy) is 1. The van der Waals surface area contributed by atoms with E-state index in [0.717, 1.165) is 30.1 Å². The zero-order valence-corrected chi connectivity index (χ0v) is 13.8. The minimum absolute atomic E-state index is 0.543. The van der Waals surface area contributed by atoms with Gasteiger partial charge in [-0.2, -0.15) is 0 Å². The van der Waals surface area contributed by atoms with Crippen LogP contribution in [0.4, 0.5) is 0 Å². The molecule has 1 aliphatic heterocycles. The number of likely N-dealkylation sites (N-methyl/N-ethyl adjacent to an activating group) is 1. The van der Waals surface area contributed by atoms with Crippen LogP contribution in [0.5, 0.6) is 0 Å². The number of hydrogen-bond donors (Lipinski definition) is 0. The Morgan fingerprint density at radius 3 is 2.89 bits per heavy atom. The van der Waals surface area contributed by atoms with Gasteiger partial charge in [-0.25, -0.2) is 0 Å². The van der Waals surface area contributed by atoms with Crippen LogP contribution in [0, 0.1) is 10.9 Å². The third-order valence-corrected chi connectivity index (χ3v) is 5.53. The van der Waals surface area contributed by atoms with Crippen LogP contribution < -0.4 is 0 Å². The molecule has 1 unspecified atom stereocenters. The monoisotopic (exact) mass is 300 g/mol. The molecule has 1 aromatic rings. The number of thiazole rings is 1. The van der Waals surface area contributed by atoms with E-state index in [1.54, 1.807) is 11.3 Å². The van der Waals surface area contributed by atoms with Gasteiger partial charge in [-0.05, 0) is 46.1 Å². The molecular formula is C14H24N2OS2. The van der Waals surface area contributed by atoms with E-state index in [4.69, 9.17) is 17.0 Å². The molecule has 3 nitrogen and oxygen atoms in total. The van der Waals surface area contributed by atoms with E-state index in [9.17, 15) is 0 Å². The Bertz CT molecular complexity index is 465. The molecule has 0 aromatic carbocycles. The number of fused-ring (bicyclic) bond motifs is 2. The molecule has 1 aromatic heterocycles. The normalized spacial score (nSPS) is 22.0. The largest absolute Gasteiger partial charge is 0.379 e. The fourth-order valence-corrected chi connectivity index (χ4v) is 4.06. The van der Waals surface area contributed by atoms with Crippen molar-refractivity contribution in [2.24, 2.45) is 0 Å². The molecular weight excluding hydrogens is 276 g/mol. The van der Waals surface area contributed by atoms with Gasteiger partial charge in [-0.15, -0.1) is 11.3 Å². The summed E-state index contributed by atoms with van der Waals surface area (Å²) in [6.45, 7) is 4.91. The minimum atomic E-state index is 0.543. The predicted octanol–water partition coefficient (Wildman–Crippen LogP) is 3.26. The van der Waals surface area contributed by atoms with Gasteiger partial charge in [0.1, 0.15) is 0 Å². The summed E-state index contributed by atoms with van der Waals surface area (Å²) in [5.74, 6) is 0. The molecule has 2 heterocycles. The molecule has 2 bridgehead atoms. The first-order valence-electron chi connectivity index (χ1n) is 7.03. The summed E-state index contributed by atoms with van der Waals surface area (Å²) in [7, 11) is 4.29. The summed E-state index contributed by atoms with van der Waals surface area (Å²) in [4.78, 5) is 3.68. The topological polar surface area (TPSA) is 17.4 Å². The van der Waals surface area contributed by atoms with Crippen molar-refractivity contribution in [3.8, 4) is 0 Å². The van der Waals surface area contributed by atoms with Crippen molar-refractivity contribution in [1.82, 2.24) is 9.47 Å². The van der Waals surface area contributed by atoms with Crippen LogP contribution in [0.2, 0.25) is 0 Å². The molecule has 0 amide bonds. The first-order chi connectivity index (χ1) is 9.09. The molecule has 2 rings (SSSR count). The van der Waals surface area contributed by atoms with E-state index in [1.165, 1.54) is 29.8 Å². The molecule has 0 aliphatic carbocycles. The Hall–Kier alpha value is -0.230. The van der Waals surface area contributed by atoms with Crippen LogP contribution in [-0.4, -0.2) is 42.8 Å². The SMILES string of the molecule is Cc1c2sc(=S)n1CCCCC(N(C)C)COCC2. The van der Waals surface area contributed by atoms with Crippen molar-refractivity contribution in [2.45, 2.75) is 45.2 Å². The van der Waals surface area contributed by atoms with Gasteiger partial charge in [0.05, 0.1) is 13.2 Å². The smallest absolute Gasteiger partial charge is 0.161 e. The van der Waals surface area contributed by atoms with E-state index < -0.39 is 0 Å². The van der Waals surface area contributed by atoms with Crippen LogP contribution in [0.1, 0.15) is 29.8 Å². The summed E-state index contributed by atoms with van der Waals surface area (Å²) in [5, 5.41) is 0. The standard InChI is InChI=1S/C14H24N2OS2/c1-11-13-7-9-17-10-12(15(2)3)6-4-5-8-16(11)14(18)19-13/h12H,4-10H2,1-3H3. The second kappa shape index (κ2) is 6.97. The Morgan fingerprint density at radius 2 is 2.16 bits per heavy atom. The maximum Gasteiger partial charge on any atom is 0.161 e. The molecule has 0 N–H and O–H groups in total. The summed E-state index contributed by atoms with van der Waals surface area (Å²) < 4.78 is 9.19. The zero-order valence-electron chi connectivity index (χ0n) is 12.1. The molecule has 0 spiro atoms. The Morgan fingerprint density at radius 1 is 1.37 bits per heavy atom. The number of hydrogen-bond acceptors (Lipinski definition) is 4. The van der Waals surface area contributed by atoms with E-state index in [2.05, 4.69) is 30.5 Å². The molecule has 0 fully saturated rings. The highest BCUT2D eigenvalue weighted by Gasteiger charge is 2.14. The van der Waals surface area contributed by atoms with Gasteiger partial charge in [0.15, 0.2) is 3.95 Å². The van der Waals surface area contributed by atoms with E-state index in [0.29, 0.717) is 6.04 Å². The van der Waals surface area contributed by atoms with Crippen molar-refractivity contribution < 1.29 is 4.74 Å². The molecule has 0 saturated heterocycles. The van der Waals surface area contributed by atoms with Crippen LogP contribution in [0.25, 0.3) is 0 Å². The van der Waals surface area contributed by atoms with E-state index in [-0.39, 0.29) is 0 Å². The molecule has 1 aliphatic rings. The Kier molecular flexibility index (Phi) is 5.57. The highest BCUT2D eigenvalue weighted by Crippen LogP contribution is 2.21. The Labute approximate surface area is 125 Å². The van der Waals surface area contributed by atoms with Gasteiger partial charge >= 0.3 is 0 Å². The summed E-state index contributed by atoms with van der Waals surface area (Å²) in [6, 6.07) is 0.543. The van der Waals surface area contributed by atoms with Crippen molar-refractivity contribution >= 4 is 23.6 Å². The molecule has 5 heteroatoms. The average Bonchev–Trinajstić information content (AvgIpc) is 2.62. The lowest BCUT2D eigenvalue weighted by Crippen LogP contribution is -2.32. The minimum Gasteiger partial charge on any atom is -0.379 e. The van der Waals surface area contributed by atoms with Gasteiger partial charge < -0.3 is 14.2 Å². The van der Waals surface area contributed by atoms with Crippen molar-refractivity contribution in [1.29, 1.82) is 0 Å². The van der Waals surface area contributed by atoms with Gasteiger partial charge in [0.2, 0.25) is 0 Å². The maximum absolute atomic E-state index is 5.86. The molecule has 0 saturated carbocycles. The van der Waals surface area contributed by atoms with E-state index in [1.807, 2.05) is 0 Å². The van der Waals surface area contributed by atoms with Crippen molar-refractivity contribution in [2.75, 3.05) is 27.3 Å². The molecule has 1 atom stereocenters. The lowest BCUT2D eigenvalue weighted by Gasteiger charge is -2.24. The number of aromatic nitrogens is 1. The van der Waals surface area contributed by atoms with Crippen LogP contribution in [-0.2, 0) is 17.7 Å². The molecule has 19 heavy (non-hydrogen) atoms. The number of rotatable bonds is 1. The third kappa shape index (κ3) is 3.88. The quantitative estimate of drug-likeness (QED) is 0.741. The second-order valence-electron chi connectivity index (χ2n) is 5.47. The van der Waals surface area contributed by atoms with Crippen LogP contribution >= 0.6 is 23.6 Å². The van der Waals surface area contributed by atoms with Crippen LogP contribution in [0.15, 0.2) is 0 Å². The Balaban J connectivity index is 2.09.